The predicted octanol–water partition coefficient (Wildman–Crippen LogP) is 1.56. The van der Waals surface area contributed by atoms with E-state index in [1.54, 1.807) is 18.4 Å². The van der Waals surface area contributed by atoms with Crippen LogP contribution in [0.5, 0.6) is 0 Å². The summed E-state index contributed by atoms with van der Waals surface area (Å²) in [7, 11) is 1.68. The Hall–Kier alpha value is -0.460. The molecule has 0 radical (unpaired) electrons. The van der Waals surface area contributed by atoms with Crippen molar-refractivity contribution in [2.45, 2.75) is 32.5 Å². The van der Waals surface area contributed by atoms with Crippen LogP contribution in [0.15, 0.2) is 17.5 Å². The molecule has 1 aromatic heterocycles. The van der Waals surface area contributed by atoms with Crippen LogP contribution < -0.4 is 5.32 Å². The molecule has 1 aromatic rings. The van der Waals surface area contributed by atoms with Crippen molar-refractivity contribution in [2.75, 3.05) is 33.4 Å². The lowest BCUT2D eigenvalue weighted by Crippen LogP contribution is -2.41. The van der Waals surface area contributed by atoms with E-state index in [9.17, 15) is 5.11 Å². The van der Waals surface area contributed by atoms with Gasteiger partial charge in [-0.25, -0.2) is 0 Å². The van der Waals surface area contributed by atoms with Gasteiger partial charge in [-0.2, -0.15) is 0 Å². The summed E-state index contributed by atoms with van der Waals surface area (Å²) in [5.41, 5.74) is 0. The van der Waals surface area contributed by atoms with Crippen LogP contribution in [0.1, 0.15) is 18.7 Å². The minimum absolute atomic E-state index is 0.348. The van der Waals surface area contributed by atoms with Gasteiger partial charge in [0.25, 0.3) is 0 Å². The molecule has 2 N–H and O–H groups in total. The molecule has 0 amide bonds. The van der Waals surface area contributed by atoms with Gasteiger partial charge in [0.15, 0.2) is 0 Å². The van der Waals surface area contributed by atoms with Crippen LogP contribution in [0.2, 0.25) is 0 Å². The Balaban J connectivity index is 2.32. The number of methoxy groups -OCH3 is 1. The molecule has 5 heteroatoms. The number of nitrogens with zero attached hydrogens (tertiary/aromatic N) is 1. The normalized spacial score (nSPS) is 13.4. The molecule has 0 aromatic carbocycles. The van der Waals surface area contributed by atoms with Gasteiger partial charge in [-0.05, 0) is 25.3 Å². The topological polar surface area (TPSA) is 44.7 Å². The molecule has 0 bridgehead atoms. The summed E-state index contributed by atoms with van der Waals surface area (Å²) in [5.74, 6) is 0. The van der Waals surface area contributed by atoms with E-state index in [0.29, 0.717) is 25.7 Å². The van der Waals surface area contributed by atoms with Gasteiger partial charge in [0.1, 0.15) is 0 Å². The van der Waals surface area contributed by atoms with Crippen molar-refractivity contribution in [3.8, 4) is 0 Å². The maximum atomic E-state index is 10.1. The lowest BCUT2D eigenvalue weighted by Gasteiger charge is -2.28. The fraction of sp³-hybridized carbons (Fsp3) is 0.714. The zero-order valence-electron chi connectivity index (χ0n) is 12.1. The Kier molecular flexibility index (Phi) is 8.25. The number of nitrogens with one attached hydrogen (secondary N) is 1. The highest BCUT2D eigenvalue weighted by atomic mass is 32.1. The smallest absolute Gasteiger partial charge is 0.0791 e. The first-order valence-corrected chi connectivity index (χ1v) is 7.65. The molecule has 19 heavy (non-hydrogen) atoms. The van der Waals surface area contributed by atoms with Crippen molar-refractivity contribution in [3.05, 3.63) is 22.4 Å². The molecule has 0 spiro atoms. The first-order chi connectivity index (χ1) is 9.13. The molecule has 1 rings (SSSR count). The number of hydrogen-bond acceptors (Lipinski definition) is 5. The fourth-order valence-electron chi connectivity index (χ4n) is 1.84. The second-order valence-electron chi connectivity index (χ2n) is 4.95. The van der Waals surface area contributed by atoms with E-state index in [-0.39, 0.29) is 6.10 Å². The summed E-state index contributed by atoms with van der Waals surface area (Å²) in [4.78, 5) is 3.64. The minimum Gasteiger partial charge on any atom is -0.390 e. The van der Waals surface area contributed by atoms with Gasteiger partial charge in [0.2, 0.25) is 0 Å². The monoisotopic (exact) mass is 286 g/mol. The maximum absolute atomic E-state index is 10.1. The predicted molar refractivity (Wildman–Crippen MR) is 80.6 cm³/mol. The van der Waals surface area contributed by atoms with Gasteiger partial charge in [-0.1, -0.05) is 6.07 Å². The van der Waals surface area contributed by atoms with Crippen LogP contribution in [0.25, 0.3) is 0 Å². The van der Waals surface area contributed by atoms with Gasteiger partial charge in [0, 0.05) is 44.2 Å². The van der Waals surface area contributed by atoms with Gasteiger partial charge in [0.05, 0.1) is 12.7 Å². The molecule has 0 fully saturated rings. The summed E-state index contributed by atoms with van der Waals surface area (Å²) >= 11 is 1.76. The molecular formula is C14H26N2O2S. The molecule has 1 atom stereocenters. The van der Waals surface area contributed by atoms with Crippen LogP contribution >= 0.6 is 11.3 Å². The number of rotatable bonds is 10. The molecule has 0 saturated carbocycles. The zero-order valence-corrected chi connectivity index (χ0v) is 12.9. The first kappa shape index (κ1) is 16.6. The number of thiophene rings is 1. The second-order valence-corrected chi connectivity index (χ2v) is 5.99. The summed E-state index contributed by atoms with van der Waals surface area (Å²) in [6.07, 6.45) is -0.348. The van der Waals surface area contributed by atoms with E-state index in [0.717, 1.165) is 13.1 Å². The molecule has 4 nitrogen and oxygen atoms in total. The third kappa shape index (κ3) is 7.03. The quantitative estimate of drug-likeness (QED) is 0.641. The van der Waals surface area contributed by atoms with Gasteiger partial charge < -0.3 is 15.2 Å². The van der Waals surface area contributed by atoms with Gasteiger partial charge >= 0.3 is 0 Å². The van der Waals surface area contributed by atoms with Crippen LogP contribution in [0, 0.1) is 0 Å². The van der Waals surface area contributed by atoms with Crippen LogP contribution in [0.4, 0.5) is 0 Å². The lowest BCUT2D eigenvalue weighted by atomic mass is 10.2. The number of ether oxygens (including phenoxy) is 1. The Morgan fingerprint density at radius 2 is 2.26 bits per heavy atom. The highest BCUT2D eigenvalue weighted by molar-refractivity contribution is 7.09. The summed E-state index contributed by atoms with van der Waals surface area (Å²) in [5, 5.41) is 15.3. The number of hydrogen-bond donors (Lipinski definition) is 2. The van der Waals surface area contributed by atoms with Gasteiger partial charge in [-0.3, -0.25) is 4.90 Å². The van der Waals surface area contributed by atoms with Crippen molar-refractivity contribution in [1.29, 1.82) is 0 Å². The molecule has 110 valence electrons. The van der Waals surface area contributed by atoms with E-state index >= 15 is 0 Å². The van der Waals surface area contributed by atoms with Crippen LogP contribution in [-0.4, -0.2) is 55.5 Å². The third-order valence-electron chi connectivity index (χ3n) is 2.98. The SMILES string of the molecule is COCCNCC(O)CN(Cc1cccs1)C(C)C. The van der Waals surface area contributed by atoms with Crippen molar-refractivity contribution in [1.82, 2.24) is 10.2 Å². The minimum atomic E-state index is -0.348. The van der Waals surface area contributed by atoms with E-state index in [4.69, 9.17) is 4.74 Å². The van der Waals surface area contributed by atoms with Crippen molar-refractivity contribution in [2.24, 2.45) is 0 Å². The Morgan fingerprint density at radius 3 is 2.84 bits per heavy atom. The molecule has 1 heterocycles. The average Bonchev–Trinajstić information content (AvgIpc) is 2.86. The van der Waals surface area contributed by atoms with Crippen LogP contribution in [0.3, 0.4) is 0 Å². The van der Waals surface area contributed by atoms with E-state index in [1.807, 2.05) is 0 Å². The largest absolute Gasteiger partial charge is 0.390 e. The Labute approximate surface area is 120 Å². The second kappa shape index (κ2) is 9.44. The van der Waals surface area contributed by atoms with Crippen LogP contribution in [-0.2, 0) is 11.3 Å². The highest BCUT2D eigenvalue weighted by Gasteiger charge is 2.15. The summed E-state index contributed by atoms with van der Waals surface area (Å²) in [6.45, 7) is 7.99. The maximum Gasteiger partial charge on any atom is 0.0791 e. The molecule has 0 aliphatic heterocycles. The standard InChI is InChI=1S/C14H26N2O2S/c1-12(2)16(11-14-5-4-8-19-14)10-13(17)9-15-6-7-18-3/h4-5,8,12-13,15,17H,6-7,9-11H2,1-3H3. The lowest BCUT2D eigenvalue weighted by molar-refractivity contribution is 0.0887. The highest BCUT2D eigenvalue weighted by Crippen LogP contribution is 2.14. The average molecular weight is 286 g/mol. The molecule has 0 aliphatic carbocycles. The summed E-state index contributed by atoms with van der Waals surface area (Å²) in [6, 6.07) is 4.64. The Bertz CT molecular complexity index is 317. The van der Waals surface area contributed by atoms with Crippen molar-refractivity contribution in [3.63, 3.8) is 0 Å². The molecule has 0 aliphatic rings. The molecule has 1 unspecified atom stereocenters. The molecule has 0 saturated heterocycles. The van der Waals surface area contributed by atoms with E-state index < -0.39 is 0 Å². The van der Waals surface area contributed by atoms with Gasteiger partial charge in [-0.15, -0.1) is 11.3 Å². The molecular weight excluding hydrogens is 260 g/mol. The number of aliphatic hydroxyl groups is 1. The van der Waals surface area contributed by atoms with Crippen molar-refractivity contribution < 1.29 is 9.84 Å². The van der Waals surface area contributed by atoms with E-state index in [1.165, 1.54) is 4.88 Å². The van der Waals surface area contributed by atoms with Crippen molar-refractivity contribution >= 4 is 11.3 Å². The van der Waals surface area contributed by atoms with E-state index in [2.05, 4.69) is 41.6 Å². The Morgan fingerprint density at radius 1 is 1.47 bits per heavy atom. The number of aliphatic hydroxyl groups excluding tert-OH is 1. The zero-order chi connectivity index (χ0) is 14.1. The first-order valence-electron chi connectivity index (χ1n) is 6.77. The summed E-state index contributed by atoms with van der Waals surface area (Å²) < 4.78 is 4.96. The third-order valence-corrected chi connectivity index (χ3v) is 3.84. The fourth-order valence-corrected chi connectivity index (χ4v) is 2.57.